The molecule has 1 aromatic rings. The zero-order chi connectivity index (χ0) is 14.7. The number of hydrogen-bond donors (Lipinski definition) is 1. The van der Waals surface area contributed by atoms with E-state index in [1.807, 2.05) is 0 Å². The highest BCUT2D eigenvalue weighted by atomic mass is 19.1. The van der Waals surface area contributed by atoms with Crippen LogP contribution in [-0.4, -0.2) is 11.2 Å². The minimum atomic E-state index is -0.573. The van der Waals surface area contributed by atoms with Crippen LogP contribution in [0.2, 0.25) is 0 Å². The van der Waals surface area contributed by atoms with Crippen LogP contribution in [0, 0.1) is 29.4 Å². The van der Waals surface area contributed by atoms with E-state index >= 15 is 0 Å². The van der Waals surface area contributed by atoms with Gasteiger partial charge in [0.1, 0.15) is 11.6 Å². The monoisotopic (exact) mass is 282 g/mol. The van der Waals surface area contributed by atoms with E-state index in [-0.39, 0.29) is 5.92 Å². The third-order valence-electron chi connectivity index (χ3n) is 4.67. The maximum Gasteiger partial charge on any atom is 0.126 e. The number of hydrogen-bond acceptors (Lipinski definition) is 1. The van der Waals surface area contributed by atoms with Gasteiger partial charge < -0.3 is 5.11 Å². The van der Waals surface area contributed by atoms with Gasteiger partial charge in [0.15, 0.2) is 0 Å². The van der Waals surface area contributed by atoms with Crippen LogP contribution in [-0.2, 0) is 6.42 Å². The number of rotatable bonds is 4. The van der Waals surface area contributed by atoms with Gasteiger partial charge in [-0.1, -0.05) is 13.8 Å². The van der Waals surface area contributed by atoms with Crippen molar-refractivity contribution in [2.24, 2.45) is 17.8 Å². The maximum absolute atomic E-state index is 13.1. The average Bonchev–Trinajstić information content (AvgIpc) is 2.37. The first-order valence-electron chi connectivity index (χ1n) is 7.58. The highest BCUT2D eigenvalue weighted by Crippen LogP contribution is 2.35. The van der Waals surface area contributed by atoms with Crippen LogP contribution >= 0.6 is 0 Å². The number of aliphatic hydroxyl groups excluding tert-OH is 1. The van der Waals surface area contributed by atoms with Gasteiger partial charge in [0.05, 0.1) is 6.10 Å². The number of benzene rings is 1. The average molecular weight is 282 g/mol. The van der Waals surface area contributed by atoms with Crippen molar-refractivity contribution in [3.8, 4) is 0 Å². The standard InChI is InChI=1S/C17H24F2O/c1-11(2)13-3-5-14(6-4-13)17(20)9-12-7-15(18)10-16(19)8-12/h7-8,10-11,13-14,17,20H,3-6,9H2,1-2H3. The molecule has 1 atom stereocenters. The quantitative estimate of drug-likeness (QED) is 0.871. The molecule has 0 saturated heterocycles. The summed E-state index contributed by atoms with van der Waals surface area (Å²) in [5, 5.41) is 10.3. The van der Waals surface area contributed by atoms with Gasteiger partial charge in [0, 0.05) is 6.07 Å². The number of aliphatic hydroxyl groups is 1. The van der Waals surface area contributed by atoms with Crippen LogP contribution in [0.4, 0.5) is 8.78 Å². The van der Waals surface area contributed by atoms with E-state index in [4.69, 9.17) is 0 Å². The lowest BCUT2D eigenvalue weighted by molar-refractivity contribution is 0.0674. The third kappa shape index (κ3) is 4.02. The summed E-state index contributed by atoms with van der Waals surface area (Å²) in [5.74, 6) is 0.568. The molecule has 3 heteroatoms. The van der Waals surface area contributed by atoms with E-state index in [2.05, 4.69) is 13.8 Å². The Labute approximate surface area is 120 Å². The van der Waals surface area contributed by atoms with Gasteiger partial charge in [0.2, 0.25) is 0 Å². The molecule has 0 bridgehead atoms. The molecule has 1 unspecified atom stereocenters. The van der Waals surface area contributed by atoms with Crippen molar-refractivity contribution in [2.75, 3.05) is 0 Å². The van der Waals surface area contributed by atoms with E-state index in [9.17, 15) is 13.9 Å². The second-order valence-corrected chi connectivity index (χ2v) is 6.47. The fourth-order valence-electron chi connectivity index (χ4n) is 3.33. The van der Waals surface area contributed by atoms with Crippen LogP contribution in [0.25, 0.3) is 0 Å². The number of halogens is 2. The SMILES string of the molecule is CC(C)C1CCC(C(O)Cc2cc(F)cc(F)c2)CC1. The van der Waals surface area contributed by atoms with Gasteiger partial charge in [-0.15, -0.1) is 0 Å². The molecular formula is C17H24F2O. The highest BCUT2D eigenvalue weighted by Gasteiger charge is 2.27. The third-order valence-corrected chi connectivity index (χ3v) is 4.67. The molecule has 0 aromatic heterocycles. The lowest BCUT2D eigenvalue weighted by Crippen LogP contribution is -2.28. The maximum atomic E-state index is 13.1. The predicted octanol–water partition coefficient (Wildman–Crippen LogP) is 4.33. The predicted molar refractivity (Wildman–Crippen MR) is 76.4 cm³/mol. The summed E-state index contributed by atoms with van der Waals surface area (Å²) in [6, 6.07) is 3.49. The Kier molecular flexibility index (Phi) is 5.14. The second-order valence-electron chi connectivity index (χ2n) is 6.47. The van der Waals surface area contributed by atoms with Crippen molar-refractivity contribution in [2.45, 2.75) is 52.1 Å². The molecule has 1 aliphatic carbocycles. The smallest absolute Gasteiger partial charge is 0.126 e. The summed E-state index contributed by atoms with van der Waals surface area (Å²) in [4.78, 5) is 0. The van der Waals surface area contributed by atoms with Gasteiger partial charge in [-0.3, -0.25) is 0 Å². The Balaban J connectivity index is 1.91. The molecule has 1 aliphatic rings. The molecule has 1 aromatic carbocycles. The summed E-state index contributed by atoms with van der Waals surface area (Å²) >= 11 is 0. The van der Waals surface area contributed by atoms with Crippen molar-refractivity contribution in [1.82, 2.24) is 0 Å². The van der Waals surface area contributed by atoms with E-state index in [0.29, 0.717) is 17.9 Å². The van der Waals surface area contributed by atoms with Gasteiger partial charge >= 0.3 is 0 Å². The summed E-state index contributed by atoms with van der Waals surface area (Å²) in [5.41, 5.74) is 0.543. The lowest BCUT2D eigenvalue weighted by Gasteiger charge is -2.33. The first-order valence-corrected chi connectivity index (χ1v) is 7.58. The van der Waals surface area contributed by atoms with Gasteiger partial charge in [-0.05, 0) is 67.6 Å². The molecule has 0 heterocycles. The summed E-state index contributed by atoms with van der Waals surface area (Å²) in [6.45, 7) is 4.49. The van der Waals surface area contributed by atoms with Gasteiger partial charge in [-0.2, -0.15) is 0 Å². The second kappa shape index (κ2) is 6.66. The largest absolute Gasteiger partial charge is 0.392 e. The lowest BCUT2D eigenvalue weighted by atomic mass is 9.74. The minimum absolute atomic E-state index is 0.260. The molecule has 1 fully saturated rings. The molecule has 1 N–H and O–H groups in total. The Morgan fingerprint density at radius 2 is 1.50 bits per heavy atom. The van der Waals surface area contributed by atoms with Crippen LogP contribution < -0.4 is 0 Å². The molecular weight excluding hydrogens is 258 g/mol. The molecule has 1 nitrogen and oxygen atoms in total. The normalized spacial score (nSPS) is 24.9. The minimum Gasteiger partial charge on any atom is -0.392 e. The zero-order valence-electron chi connectivity index (χ0n) is 12.3. The molecule has 0 spiro atoms. The Hall–Kier alpha value is -0.960. The van der Waals surface area contributed by atoms with Gasteiger partial charge in [-0.25, -0.2) is 8.78 Å². The molecule has 20 heavy (non-hydrogen) atoms. The van der Waals surface area contributed by atoms with Crippen molar-refractivity contribution >= 4 is 0 Å². The van der Waals surface area contributed by atoms with Crippen LogP contribution in [0.5, 0.6) is 0 Å². The molecule has 2 rings (SSSR count). The first-order chi connectivity index (χ1) is 9.45. The Morgan fingerprint density at radius 1 is 1.00 bits per heavy atom. The molecule has 112 valence electrons. The summed E-state index contributed by atoms with van der Waals surface area (Å²) in [6.07, 6.45) is 4.17. The molecule has 0 aliphatic heterocycles. The topological polar surface area (TPSA) is 20.2 Å². The van der Waals surface area contributed by atoms with Crippen molar-refractivity contribution in [1.29, 1.82) is 0 Å². The summed E-state index contributed by atoms with van der Waals surface area (Å²) < 4.78 is 26.3. The van der Waals surface area contributed by atoms with E-state index in [0.717, 1.165) is 37.7 Å². The van der Waals surface area contributed by atoms with Crippen molar-refractivity contribution in [3.05, 3.63) is 35.4 Å². The van der Waals surface area contributed by atoms with E-state index in [1.165, 1.54) is 12.1 Å². The van der Waals surface area contributed by atoms with E-state index < -0.39 is 17.7 Å². The van der Waals surface area contributed by atoms with Crippen molar-refractivity contribution < 1.29 is 13.9 Å². The first kappa shape index (κ1) is 15.4. The van der Waals surface area contributed by atoms with Crippen molar-refractivity contribution in [3.63, 3.8) is 0 Å². The van der Waals surface area contributed by atoms with Crippen LogP contribution in [0.1, 0.15) is 45.1 Å². The zero-order valence-corrected chi connectivity index (χ0v) is 12.3. The molecule has 1 saturated carbocycles. The van der Waals surface area contributed by atoms with Gasteiger partial charge in [0.25, 0.3) is 0 Å². The summed E-state index contributed by atoms with van der Waals surface area (Å²) in [7, 11) is 0. The Morgan fingerprint density at radius 3 is 2.00 bits per heavy atom. The fourth-order valence-corrected chi connectivity index (χ4v) is 3.33. The van der Waals surface area contributed by atoms with Crippen LogP contribution in [0.15, 0.2) is 18.2 Å². The van der Waals surface area contributed by atoms with Crippen LogP contribution in [0.3, 0.4) is 0 Å². The Bertz CT molecular complexity index is 416. The highest BCUT2D eigenvalue weighted by molar-refractivity contribution is 5.18. The molecule has 0 amide bonds. The molecule has 0 radical (unpaired) electrons. The van der Waals surface area contributed by atoms with E-state index in [1.54, 1.807) is 0 Å². The fraction of sp³-hybridized carbons (Fsp3) is 0.647.